The average Bonchev–Trinajstić information content (AvgIpc) is 2.79. The molecule has 0 aromatic heterocycles. The molecule has 0 radical (unpaired) electrons. The molecule has 3 nitrogen and oxygen atoms in total. The minimum atomic E-state index is -0.308. The van der Waals surface area contributed by atoms with Crippen LogP contribution < -0.4 is 0 Å². The zero-order valence-electron chi connectivity index (χ0n) is 17.4. The Bertz CT molecular complexity index is 880. The van der Waals surface area contributed by atoms with Crippen LogP contribution in [-0.2, 0) is 16.1 Å². The second-order valence-electron chi connectivity index (χ2n) is 7.41. The van der Waals surface area contributed by atoms with E-state index in [0.717, 1.165) is 12.1 Å². The number of carbonyl (C=O) groups excluding carboxylic acids is 1. The SMILES string of the molecule is COC(=O)C(C)C(c1ccccc1)N(Cc1ccccc1)[C@H](C)c1ccccc1. The summed E-state index contributed by atoms with van der Waals surface area (Å²) in [6, 6.07) is 31.1. The fraction of sp³-hybridized carbons (Fsp3) is 0.269. The summed E-state index contributed by atoms with van der Waals surface area (Å²) >= 11 is 0. The third-order valence-corrected chi connectivity index (χ3v) is 5.53. The lowest BCUT2D eigenvalue weighted by Gasteiger charge is -2.39. The molecule has 0 amide bonds. The molecule has 0 aliphatic rings. The van der Waals surface area contributed by atoms with E-state index < -0.39 is 0 Å². The van der Waals surface area contributed by atoms with Gasteiger partial charge in [-0.05, 0) is 23.6 Å². The summed E-state index contributed by atoms with van der Waals surface area (Å²) in [6.07, 6.45) is 0. The average molecular weight is 388 g/mol. The summed E-state index contributed by atoms with van der Waals surface area (Å²) in [7, 11) is 1.46. The van der Waals surface area contributed by atoms with E-state index in [1.54, 1.807) is 0 Å². The Morgan fingerprint density at radius 1 is 0.793 bits per heavy atom. The van der Waals surface area contributed by atoms with Gasteiger partial charge in [-0.2, -0.15) is 0 Å². The second-order valence-corrected chi connectivity index (χ2v) is 7.41. The Labute approximate surface area is 174 Å². The van der Waals surface area contributed by atoms with E-state index in [-0.39, 0.29) is 24.0 Å². The fourth-order valence-corrected chi connectivity index (χ4v) is 3.93. The lowest BCUT2D eigenvalue weighted by molar-refractivity contribution is -0.148. The third kappa shape index (κ3) is 5.12. The van der Waals surface area contributed by atoms with Crippen molar-refractivity contribution in [3.05, 3.63) is 108 Å². The molecule has 0 aliphatic carbocycles. The third-order valence-electron chi connectivity index (χ3n) is 5.53. The van der Waals surface area contributed by atoms with Crippen molar-refractivity contribution < 1.29 is 9.53 Å². The van der Waals surface area contributed by atoms with Crippen molar-refractivity contribution in [2.24, 2.45) is 5.92 Å². The van der Waals surface area contributed by atoms with Gasteiger partial charge >= 0.3 is 5.97 Å². The van der Waals surface area contributed by atoms with Crippen molar-refractivity contribution >= 4 is 5.97 Å². The first-order valence-electron chi connectivity index (χ1n) is 10.1. The Kier molecular flexibility index (Phi) is 7.20. The minimum absolute atomic E-state index is 0.112. The highest BCUT2D eigenvalue weighted by Crippen LogP contribution is 2.37. The van der Waals surface area contributed by atoms with E-state index in [2.05, 4.69) is 72.5 Å². The van der Waals surface area contributed by atoms with Crippen LogP contribution in [0.25, 0.3) is 0 Å². The summed E-state index contributed by atoms with van der Waals surface area (Å²) in [5, 5.41) is 0. The van der Waals surface area contributed by atoms with Gasteiger partial charge in [-0.25, -0.2) is 0 Å². The number of esters is 1. The molecule has 0 bridgehead atoms. The van der Waals surface area contributed by atoms with Crippen LogP contribution in [0.5, 0.6) is 0 Å². The number of methoxy groups -OCH3 is 1. The smallest absolute Gasteiger partial charge is 0.310 e. The van der Waals surface area contributed by atoms with E-state index in [0.29, 0.717) is 0 Å². The molecule has 150 valence electrons. The molecule has 0 saturated carbocycles. The van der Waals surface area contributed by atoms with Gasteiger partial charge in [0.1, 0.15) is 0 Å². The fourth-order valence-electron chi connectivity index (χ4n) is 3.93. The highest BCUT2D eigenvalue weighted by atomic mass is 16.5. The maximum atomic E-state index is 12.6. The molecule has 0 N–H and O–H groups in total. The summed E-state index contributed by atoms with van der Waals surface area (Å²) < 4.78 is 5.13. The monoisotopic (exact) mass is 387 g/mol. The first-order chi connectivity index (χ1) is 14.1. The Morgan fingerprint density at radius 2 is 1.28 bits per heavy atom. The standard InChI is InChI=1S/C26H29NO2/c1-20(26(28)29-3)25(24-17-11-6-12-18-24)27(19-22-13-7-4-8-14-22)21(2)23-15-9-5-10-16-23/h4-18,20-21,25H,19H2,1-3H3/t20?,21-,25?/m1/s1. The predicted molar refractivity (Wildman–Crippen MR) is 117 cm³/mol. The molecule has 3 rings (SSSR count). The van der Waals surface area contributed by atoms with Gasteiger partial charge in [0.2, 0.25) is 0 Å². The maximum Gasteiger partial charge on any atom is 0.310 e. The molecule has 0 spiro atoms. The van der Waals surface area contributed by atoms with Crippen LogP contribution >= 0.6 is 0 Å². The Hall–Kier alpha value is -2.91. The molecular weight excluding hydrogens is 358 g/mol. The number of ether oxygens (including phenoxy) is 1. The molecule has 29 heavy (non-hydrogen) atoms. The predicted octanol–water partition coefficient (Wildman–Crippen LogP) is 5.80. The zero-order chi connectivity index (χ0) is 20.6. The van der Waals surface area contributed by atoms with Crippen LogP contribution in [0.4, 0.5) is 0 Å². The number of benzene rings is 3. The van der Waals surface area contributed by atoms with Gasteiger partial charge in [0, 0.05) is 18.6 Å². The van der Waals surface area contributed by atoms with Gasteiger partial charge < -0.3 is 4.74 Å². The highest BCUT2D eigenvalue weighted by Gasteiger charge is 2.34. The zero-order valence-corrected chi connectivity index (χ0v) is 17.4. The lowest BCUT2D eigenvalue weighted by Crippen LogP contribution is -2.37. The van der Waals surface area contributed by atoms with Crippen LogP contribution in [0.1, 0.15) is 42.6 Å². The van der Waals surface area contributed by atoms with E-state index in [1.165, 1.54) is 18.2 Å². The first kappa shape index (κ1) is 20.8. The van der Waals surface area contributed by atoms with Gasteiger partial charge in [-0.15, -0.1) is 0 Å². The molecule has 0 heterocycles. The normalized spacial score (nSPS) is 14.2. The van der Waals surface area contributed by atoms with Crippen molar-refractivity contribution in [2.75, 3.05) is 7.11 Å². The topological polar surface area (TPSA) is 29.5 Å². The van der Waals surface area contributed by atoms with Crippen LogP contribution in [-0.4, -0.2) is 18.0 Å². The molecule has 0 aliphatic heterocycles. The van der Waals surface area contributed by atoms with Gasteiger partial charge in [-0.1, -0.05) is 97.9 Å². The number of hydrogen-bond donors (Lipinski definition) is 0. The van der Waals surface area contributed by atoms with Crippen molar-refractivity contribution in [3.8, 4) is 0 Å². The van der Waals surface area contributed by atoms with Crippen molar-refractivity contribution in [3.63, 3.8) is 0 Å². The van der Waals surface area contributed by atoms with Gasteiger partial charge in [0.25, 0.3) is 0 Å². The molecule has 0 saturated heterocycles. The van der Waals surface area contributed by atoms with Crippen LogP contribution in [0.15, 0.2) is 91.0 Å². The molecular formula is C26H29NO2. The number of hydrogen-bond acceptors (Lipinski definition) is 3. The second kappa shape index (κ2) is 10.0. The van der Waals surface area contributed by atoms with Gasteiger partial charge in [-0.3, -0.25) is 9.69 Å². The Morgan fingerprint density at radius 3 is 1.79 bits per heavy atom. The number of nitrogens with zero attached hydrogens (tertiary/aromatic N) is 1. The lowest BCUT2D eigenvalue weighted by atomic mass is 9.90. The van der Waals surface area contributed by atoms with Crippen LogP contribution in [0.3, 0.4) is 0 Å². The quantitative estimate of drug-likeness (QED) is 0.458. The molecule has 0 fully saturated rings. The van der Waals surface area contributed by atoms with E-state index in [9.17, 15) is 4.79 Å². The van der Waals surface area contributed by atoms with Crippen LogP contribution in [0.2, 0.25) is 0 Å². The molecule has 3 atom stereocenters. The molecule has 3 aromatic carbocycles. The maximum absolute atomic E-state index is 12.6. The van der Waals surface area contributed by atoms with E-state index in [1.807, 2.05) is 37.3 Å². The van der Waals surface area contributed by atoms with Gasteiger partial charge in [0.15, 0.2) is 0 Å². The summed E-state index contributed by atoms with van der Waals surface area (Å²) in [5.41, 5.74) is 3.55. The summed E-state index contributed by atoms with van der Waals surface area (Å²) in [6.45, 7) is 4.90. The van der Waals surface area contributed by atoms with E-state index in [4.69, 9.17) is 4.74 Å². The Balaban J connectivity index is 2.07. The minimum Gasteiger partial charge on any atom is -0.469 e. The van der Waals surface area contributed by atoms with Crippen LogP contribution in [0, 0.1) is 5.92 Å². The number of carbonyl (C=O) groups is 1. The van der Waals surface area contributed by atoms with Crippen molar-refractivity contribution in [2.45, 2.75) is 32.5 Å². The van der Waals surface area contributed by atoms with Crippen molar-refractivity contribution in [1.82, 2.24) is 4.90 Å². The summed E-state index contributed by atoms with van der Waals surface area (Å²) in [5.74, 6) is -0.505. The van der Waals surface area contributed by atoms with E-state index >= 15 is 0 Å². The highest BCUT2D eigenvalue weighted by molar-refractivity contribution is 5.73. The summed E-state index contributed by atoms with van der Waals surface area (Å²) in [4.78, 5) is 15.0. The van der Waals surface area contributed by atoms with Crippen molar-refractivity contribution in [1.29, 1.82) is 0 Å². The molecule has 2 unspecified atom stereocenters. The first-order valence-corrected chi connectivity index (χ1v) is 10.1. The van der Waals surface area contributed by atoms with Gasteiger partial charge in [0.05, 0.1) is 13.0 Å². The number of rotatable bonds is 8. The molecule has 3 heteroatoms. The molecule has 3 aromatic rings. The largest absolute Gasteiger partial charge is 0.469 e.